The van der Waals surface area contributed by atoms with Crippen molar-refractivity contribution >= 4 is 34.6 Å². The molecule has 12 heteroatoms. The molecule has 3 aromatic heterocycles. The van der Waals surface area contributed by atoms with E-state index in [0.29, 0.717) is 39.7 Å². The number of carbonyl (C=O) groups excluding carboxylic acids is 1. The van der Waals surface area contributed by atoms with Crippen LogP contribution in [0.3, 0.4) is 0 Å². The Morgan fingerprint density at radius 2 is 1.73 bits per heavy atom. The molecule has 0 aliphatic rings. The van der Waals surface area contributed by atoms with Crippen LogP contribution in [0.2, 0.25) is 0 Å². The molecule has 0 saturated heterocycles. The molecule has 0 aliphatic heterocycles. The Balaban J connectivity index is 1.38. The Hall–Kier alpha value is -5.00. The number of imidazole rings is 1. The quantitative estimate of drug-likeness (QED) is 0.285. The number of nitrogens with two attached hydrogens (primary N) is 1. The van der Waals surface area contributed by atoms with E-state index in [1.807, 2.05) is 0 Å². The van der Waals surface area contributed by atoms with Gasteiger partial charge in [0.2, 0.25) is 5.95 Å². The highest BCUT2D eigenvalue weighted by Crippen LogP contribution is 2.30. The zero-order valence-corrected chi connectivity index (χ0v) is 19.3. The third-order valence-corrected chi connectivity index (χ3v) is 5.45. The van der Waals surface area contributed by atoms with E-state index in [-0.39, 0.29) is 17.5 Å². The Kier molecular flexibility index (Phi) is 5.91. The number of amides is 1. The fourth-order valence-corrected chi connectivity index (χ4v) is 3.68. The van der Waals surface area contributed by atoms with Crippen molar-refractivity contribution in [1.82, 2.24) is 24.6 Å². The number of hydrogen-bond donors (Lipinski definition) is 3. The van der Waals surface area contributed by atoms with Crippen molar-refractivity contribution in [3.8, 4) is 11.4 Å². The molecule has 4 N–H and O–H groups in total. The number of benzene rings is 2. The van der Waals surface area contributed by atoms with Crippen LogP contribution in [0.15, 0.2) is 72.9 Å². The van der Waals surface area contributed by atoms with Crippen molar-refractivity contribution in [3.05, 3.63) is 89.9 Å². The highest BCUT2D eigenvalue weighted by molar-refractivity contribution is 6.05. The number of aryl methyl sites for hydroxylation is 1. The Morgan fingerprint density at radius 1 is 0.973 bits per heavy atom. The van der Waals surface area contributed by atoms with Gasteiger partial charge in [0.25, 0.3) is 5.91 Å². The first-order valence-corrected chi connectivity index (χ1v) is 11.0. The van der Waals surface area contributed by atoms with Gasteiger partial charge in [-0.25, -0.2) is 19.5 Å². The first-order chi connectivity index (χ1) is 17.7. The number of halogens is 3. The van der Waals surface area contributed by atoms with Crippen molar-refractivity contribution in [2.75, 3.05) is 16.4 Å². The molecule has 0 unspecified atom stereocenters. The van der Waals surface area contributed by atoms with Crippen molar-refractivity contribution in [3.63, 3.8) is 0 Å². The summed E-state index contributed by atoms with van der Waals surface area (Å²) in [7, 11) is 0. The summed E-state index contributed by atoms with van der Waals surface area (Å²) in [5, 5.41) is 9.51. The van der Waals surface area contributed by atoms with Crippen molar-refractivity contribution < 1.29 is 18.0 Å². The van der Waals surface area contributed by atoms with Crippen molar-refractivity contribution in [1.29, 1.82) is 0 Å². The SMILES string of the molecule is Cc1nc2ccc(C(F)(F)F)nn2c1-c1ccnc(Nc2ccc(C(=O)Nc3ccccc3N)cc2)n1. The van der Waals surface area contributed by atoms with Gasteiger partial charge in [0, 0.05) is 17.4 Å². The third kappa shape index (κ3) is 4.89. The van der Waals surface area contributed by atoms with Crippen LogP contribution < -0.4 is 16.4 Å². The summed E-state index contributed by atoms with van der Waals surface area (Å²) in [5.74, 6) is -0.121. The molecule has 0 aliphatic carbocycles. The second-order valence-corrected chi connectivity index (χ2v) is 8.04. The van der Waals surface area contributed by atoms with Crippen molar-refractivity contribution in [2.24, 2.45) is 0 Å². The molecule has 5 rings (SSSR count). The van der Waals surface area contributed by atoms with E-state index < -0.39 is 11.9 Å². The largest absolute Gasteiger partial charge is 0.435 e. The number of nitrogens with one attached hydrogen (secondary N) is 2. The van der Waals surface area contributed by atoms with Gasteiger partial charge in [-0.05, 0) is 61.5 Å². The number of nitrogens with zero attached hydrogens (tertiary/aromatic N) is 5. The number of para-hydroxylation sites is 2. The minimum absolute atomic E-state index is 0.202. The van der Waals surface area contributed by atoms with Crippen LogP contribution in [0.1, 0.15) is 21.7 Å². The van der Waals surface area contributed by atoms with Crippen LogP contribution >= 0.6 is 0 Å². The molecular weight excluding hydrogens is 485 g/mol. The standard InChI is InChI=1S/C25H19F3N8O/c1-14-22(36-21(31-14)11-10-20(35-36)25(26,27)28)19-12-13-30-24(34-19)32-16-8-6-15(7-9-16)23(37)33-18-5-3-2-4-17(18)29/h2-13H,29H2,1H3,(H,33,37)(H,30,32,34). The maximum absolute atomic E-state index is 13.2. The topological polar surface area (TPSA) is 123 Å². The summed E-state index contributed by atoms with van der Waals surface area (Å²) in [6.45, 7) is 1.67. The highest BCUT2D eigenvalue weighted by Gasteiger charge is 2.33. The van der Waals surface area contributed by atoms with Crippen LogP contribution in [0, 0.1) is 6.92 Å². The predicted molar refractivity (Wildman–Crippen MR) is 132 cm³/mol. The molecule has 0 bridgehead atoms. The number of carbonyl (C=O) groups is 1. The van der Waals surface area contributed by atoms with E-state index in [9.17, 15) is 18.0 Å². The zero-order chi connectivity index (χ0) is 26.2. The summed E-state index contributed by atoms with van der Waals surface area (Å²) in [4.78, 5) is 25.5. The Morgan fingerprint density at radius 3 is 2.46 bits per heavy atom. The summed E-state index contributed by atoms with van der Waals surface area (Å²) in [5.41, 5.74) is 8.20. The summed E-state index contributed by atoms with van der Waals surface area (Å²) < 4.78 is 40.7. The molecule has 5 aromatic rings. The highest BCUT2D eigenvalue weighted by atomic mass is 19.4. The molecule has 37 heavy (non-hydrogen) atoms. The Bertz CT molecular complexity index is 1610. The van der Waals surface area contributed by atoms with Gasteiger partial charge in [0.05, 0.1) is 22.8 Å². The summed E-state index contributed by atoms with van der Waals surface area (Å²) in [6.07, 6.45) is -3.12. The molecule has 0 atom stereocenters. The summed E-state index contributed by atoms with van der Waals surface area (Å²) in [6, 6.07) is 17.2. The average molecular weight is 504 g/mol. The molecule has 2 aromatic carbocycles. The molecule has 0 radical (unpaired) electrons. The molecule has 0 spiro atoms. The van der Waals surface area contributed by atoms with Crippen LogP contribution in [0.5, 0.6) is 0 Å². The van der Waals surface area contributed by atoms with E-state index in [4.69, 9.17) is 5.73 Å². The number of aromatic nitrogens is 5. The lowest BCUT2D eigenvalue weighted by molar-refractivity contribution is -0.141. The average Bonchev–Trinajstić information content (AvgIpc) is 3.20. The predicted octanol–water partition coefficient (Wildman–Crippen LogP) is 5.09. The number of nitrogen functional groups attached to an aromatic ring is 1. The van der Waals surface area contributed by atoms with Gasteiger partial charge in [-0.15, -0.1) is 0 Å². The maximum Gasteiger partial charge on any atom is 0.435 e. The van der Waals surface area contributed by atoms with E-state index in [0.717, 1.165) is 10.6 Å². The van der Waals surface area contributed by atoms with Crippen LogP contribution in [0.25, 0.3) is 17.0 Å². The van der Waals surface area contributed by atoms with E-state index in [2.05, 4.69) is 30.7 Å². The zero-order valence-electron chi connectivity index (χ0n) is 19.3. The van der Waals surface area contributed by atoms with Crippen LogP contribution in [-0.4, -0.2) is 30.5 Å². The van der Waals surface area contributed by atoms with Gasteiger partial charge in [0.1, 0.15) is 5.69 Å². The van der Waals surface area contributed by atoms with Gasteiger partial charge >= 0.3 is 6.18 Å². The van der Waals surface area contributed by atoms with Gasteiger partial charge in [-0.2, -0.15) is 18.3 Å². The summed E-state index contributed by atoms with van der Waals surface area (Å²) >= 11 is 0. The second-order valence-electron chi connectivity index (χ2n) is 8.04. The third-order valence-electron chi connectivity index (χ3n) is 5.45. The molecule has 0 saturated carbocycles. The molecule has 9 nitrogen and oxygen atoms in total. The monoisotopic (exact) mass is 504 g/mol. The second kappa shape index (κ2) is 9.22. The number of anilines is 4. The van der Waals surface area contributed by atoms with Crippen LogP contribution in [0.4, 0.5) is 36.2 Å². The van der Waals surface area contributed by atoms with E-state index in [1.165, 1.54) is 12.3 Å². The van der Waals surface area contributed by atoms with E-state index >= 15 is 0 Å². The molecule has 1 amide bonds. The first-order valence-electron chi connectivity index (χ1n) is 11.0. The lowest BCUT2D eigenvalue weighted by Gasteiger charge is -2.10. The molecular formula is C25H19F3N8O. The number of fused-ring (bicyclic) bond motifs is 1. The van der Waals surface area contributed by atoms with Gasteiger partial charge in [0.15, 0.2) is 11.3 Å². The number of rotatable bonds is 5. The van der Waals surface area contributed by atoms with Gasteiger partial charge in [-0.1, -0.05) is 12.1 Å². The minimum atomic E-state index is -4.60. The normalized spacial score (nSPS) is 11.5. The fourth-order valence-electron chi connectivity index (χ4n) is 3.68. The molecule has 0 fully saturated rings. The smallest absolute Gasteiger partial charge is 0.397 e. The van der Waals surface area contributed by atoms with Crippen molar-refractivity contribution in [2.45, 2.75) is 13.1 Å². The lowest BCUT2D eigenvalue weighted by Crippen LogP contribution is -2.13. The van der Waals surface area contributed by atoms with Gasteiger partial charge < -0.3 is 16.4 Å². The lowest BCUT2D eigenvalue weighted by atomic mass is 10.2. The Labute approximate surface area is 208 Å². The van der Waals surface area contributed by atoms with E-state index in [1.54, 1.807) is 61.5 Å². The number of hydrogen-bond acceptors (Lipinski definition) is 7. The number of alkyl halides is 3. The minimum Gasteiger partial charge on any atom is -0.397 e. The van der Waals surface area contributed by atoms with Gasteiger partial charge in [-0.3, -0.25) is 4.79 Å². The van der Waals surface area contributed by atoms with Crippen LogP contribution in [-0.2, 0) is 6.18 Å². The molecule has 3 heterocycles. The molecule has 186 valence electrons. The fraction of sp³-hybridized carbons (Fsp3) is 0.0800. The first kappa shape index (κ1) is 23.7. The maximum atomic E-state index is 13.2.